The van der Waals surface area contributed by atoms with Crippen LogP contribution in [0.4, 0.5) is 0 Å². The number of carbonyl (C=O) groups excluding carboxylic acids is 1. The van der Waals surface area contributed by atoms with E-state index in [0.717, 1.165) is 42.2 Å². The molecule has 1 amide bonds. The standard InChI is InChI=1S/C18H24N4OS/c1-12-13(9-19-11-20-12)17(23)22-8-6-5-7-14(22)16-21-15(10-24-16)18(2,3)4/h9-11,14H,5-8H2,1-4H3. The summed E-state index contributed by atoms with van der Waals surface area (Å²) in [5.74, 6) is 0.0188. The molecule has 1 unspecified atom stereocenters. The highest BCUT2D eigenvalue weighted by molar-refractivity contribution is 7.09. The Balaban J connectivity index is 1.90. The van der Waals surface area contributed by atoms with Gasteiger partial charge >= 0.3 is 0 Å². The highest BCUT2D eigenvalue weighted by atomic mass is 32.1. The third kappa shape index (κ3) is 3.34. The molecule has 0 spiro atoms. The third-order valence-corrected chi connectivity index (χ3v) is 5.43. The first-order valence-corrected chi connectivity index (χ1v) is 9.29. The van der Waals surface area contributed by atoms with E-state index in [9.17, 15) is 4.79 Å². The maximum Gasteiger partial charge on any atom is 0.257 e. The Kier molecular flexibility index (Phi) is 4.67. The predicted octanol–water partition coefficient (Wildman–Crippen LogP) is 3.91. The molecule has 0 saturated carbocycles. The zero-order chi connectivity index (χ0) is 17.3. The molecule has 5 nitrogen and oxygen atoms in total. The number of rotatable bonds is 2. The van der Waals surface area contributed by atoms with Crippen LogP contribution in [0.3, 0.4) is 0 Å². The summed E-state index contributed by atoms with van der Waals surface area (Å²) in [5, 5.41) is 3.17. The van der Waals surface area contributed by atoms with E-state index in [1.165, 1.54) is 6.33 Å². The van der Waals surface area contributed by atoms with Crippen LogP contribution in [0.5, 0.6) is 0 Å². The average molecular weight is 344 g/mol. The first kappa shape index (κ1) is 17.0. The molecule has 1 aliphatic rings. The third-order valence-electron chi connectivity index (χ3n) is 4.48. The van der Waals surface area contributed by atoms with Crippen LogP contribution in [0.2, 0.25) is 0 Å². The van der Waals surface area contributed by atoms with Gasteiger partial charge in [0.15, 0.2) is 0 Å². The molecule has 0 bridgehead atoms. The Bertz CT molecular complexity index is 735. The fourth-order valence-corrected chi connectivity index (χ4v) is 4.16. The number of thiazole rings is 1. The summed E-state index contributed by atoms with van der Waals surface area (Å²) in [6.45, 7) is 9.12. The molecule has 128 valence electrons. The van der Waals surface area contributed by atoms with Crippen LogP contribution in [0.15, 0.2) is 17.9 Å². The molecule has 2 aromatic heterocycles. The van der Waals surface area contributed by atoms with Crippen LogP contribution < -0.4 is 0 Å². The molecule has 3 heterocycles. The number of aryl methyl sites for hydroxylation is 1. The van der Waals surface area contributed by atoms with Gasteiger partial charge in [-0.15, -0.1) is 11.3 Å². The molecule has 6 heteroatoms. The lowest BCUT2D eigenvalue weighted by molar-refractivity contribution is 0.0609. The minimum Gasteiger partial charge on any atom is -0.329 e. The molecule has 0 aromatic carbocycles. The lowest BCUT2D eigenvalue weighted by Crippen LogP contribution is -2.39. The second kappa shape index (κ2) is 6.59. The van der Waals surface area contributed by atoms with E-state index in [-0.39, 0.29) is 17.4 Å². The van der Waals surface area contributed by atoms with Gasteiger partial charge in [0.2, 0.25) is 0 Å². The quantitative estimate of drug-likeness (QED) is 0.829. The minimum absolute atomic E-state index is 0.0188. The molecule has 1 aliphatic heterocycles. The van der Waals surface area contributed by atoms with Crippen molar-refractivity contribution in [1.82, 2.24) is 19.9 Å². The van der Waals surface area contributed by atoms with Crippen molar-refractivity contribution >= 4 is 17.2 Å². The Morgan fingerprint density at radius 1 is 1.33 bits per heavy atom. The summed E-state index contributed by atoms with van der Waals surface area (Å²) >= 11 is 1.67. The average Bonchev–Trinajstić information content (AvgIpc) is 3.05. The Hall–Kier alpha value is -1.82. The normalized spacial score (nSPS) is 18.7. The monoisotopic (exact) mass is 344 g/mol. The van der Waals surface area contributed by atoms with E-state index in [0.29, 0.717) is 5.56 Å². The fraction of sp³-hybridized carbons (Fsp3) is 0.556. The minimum atomic E-state index is 0.0188. The SMILES string of the molecule is Cc1ncncc1C(=O)N1CCCCC1c1nc(C(C)(C)C)cs1. The lowest BCUT2D eigenvalue weighted by atomic mass is 9.93. The molecular formula is C18H24N4OS. The van der Waals surface area contributed by atoms with Crippen LogP contribution in [0.25, 0.3) is 0 Å². The number of nitrogens with zero attached hydrogens (tertiary/aromatic N) is 4. The van der Waals surface area contributed by atoms with Crippen molar-refractivity contribution in [2.75, 3.05) is 6.54 Å². The Morgan fingerprint density at radius 2 is 2.12 bits per heavy atom. The van der Waals surface area contributed by atoms with Gasteiger partial charge < -0.3 is 4.90 Å². The summed E-state index contributed by atoms with van der Waals surface area (Å²) in [6.07, 6.45) is 6.24. The summed E-state index contributed by atoms with van der Waals surface area (Å²) in [7, 11) is 0. The second-order valence-corrected chi connectivity index (χ2v) is 8.24. The van der Waals surface area contributed by atoms with Gasteiger partial charge in [-0.05, 0) is 26.2 Å². The second-order valence-electron chi connectivity index (χ2n) is 7.35. The van der Waals surface area contributed by atoms with Crippen LogP contribution in [-0.4, -0.2) is 32.3 Å². The van der Waals surface area contributed by atoms with Crippen LogP contribution in [-0.2, 0) is 5.41 Å². The molecule has 0 radical (unpaired) electrons. The van der Waals surface area contributed by atoms with Crippen LogP contribution in [0.1, 0.15) is 72.8 Å². The van der Waals surface area contributed by atoms with Gasteiger partial charge in [-0.2, -0.15) is 0 Å². The molecule has 1 saturated heterocycles. The summed E-state index contributed by atoms with van der Waals surface area (Å²) in [5.41, 5.74) is 2.45. The van der Waals surface area contributed by atoms with E-state index in [1.807, 2.05) is 11.8 Å². The Morgan fingerprint density at radius 3 is 2.79 bits per heavy atom. The number of aromatic nitrogens is 3. The van der Waals surface area contributed by atoms with Crippen molar-refractivity contribution in [1.29, 1.82) is 0 Å². The van der Waals surface area contributed by atoms with Crippen molar-refractivity contribution in [2.45, 2.75) is 58.4 Å². The van der Waals surface area contributed by atoms with Gasteiger partial charge in [0.05, 0.1) is 23.0 Å². The van der Waals surface area contributed by atoms with E-state index in [2.05, 4.69) is 36.1 Å². The predicted molar refractivity (Wildman–Crippen MR) is 95.2 cm³/mol. The van der Waals surface area contributed by atoms with Gasteiger partial charge in [0.1, 0.15) is 11.3 Å². The molecule has 3 rings (SSSR count). The first-order chi connectivity index (χ1) is 11.4. The highest BCUT2D eigenvalue weighted by Crippen LogP contribution is 2.35. The number of amides is 1. The number of piperidine rings is 1. The van der Waals surface area contributed by atoms with Gasteiger partial charge in [-0.1, -0.05) is 20.8 Å². The van der Waals surface area contributed by atoms with E-state index >= 15 is 0 Å². The smallest absolute Gasteiger partial charge is 0.257 e. The van der Waals surface area contributed by atoms with Crippen molar-refractivity contribution < 1.29 is 4.79 Å². The molecular weight excluding hydrogens is 320 g/mol. The topological polar surface area (TPSA) is 59.0 Å². The number of carbonyl (C=O) groups is 1. The molecule has 0 aliphatic carbocycles. The summed E-state index contributed by atoms with van der Waals surface area (Å²) < 4.78 is 0. The van der Waals surface area contributed by atoms with Crippen molar-refractivity contribution in [3.05, 3.63) is 39.9 Å². The van der Waals surface area contributed by atoms with Crippen molar-refractivity contribution in [2.24, 2.45) is 0 Å². The number of likely N-dealkylation sites (tertiary alicyclic amines) is 1. The largest absolute Gasteiger partial charge is 0.329 e. The molecule has 0 N–H and O–H groups in total. The Labute approximate surface area is 147 Å². The molecule has 24 heavy (non-hydrogen) atoms. The molecule has 2 aromatic rings. The zero-order valence-corrected chi connectivity index (χ0v) is 15.6. The van der Waals surface area contributed by atoms with Crippen molar-refractivity contribution in [3.8, 4) is 0 Å². The summed E-state index contributed by atoms with van der Waals surface area (Å²) in [4.78, 5) is 28.0. The number of hydrogen-bond acceptors (Lipinski definition) is 5. The van der Waals surface area contributed by atoms with Crippen molar-refractivity contribution in [3.63, 3.8) is 0 Å². The lowest BCUT2D eigenvalue weighted by Gasteiger charge is -2.34. The highest BCUT2D eigenvalue weighted by Gasteiger charge is 2.32. The molecule has 1 atom stereocenters. The van der Waals surface area contributed by atoms with Crippen LogP contribution >= 0.6 is 11.3 Å². The fourth-order valence-electron chi connectivity index (χ4n) is 2.97. The van der Waals surface area contributed by atoms with Crippen LogP contribution in [0, 0.1) is 6.92 Å². The van der Waals surface area contributed by atoms with Gasteiger partial charge in [0.25, 0.3) is 5.91 Å². The first-order valence-electron chi connectivity index (χ1n) is 8.41. The van der Waals surface area contributed by atoms with Gasteiger partial charge in [0, 0.05) is 23.5 Å². The molecule has 1 fully saturated rings. The number of hydrogen-bond donors (Lipinski definition) is 0. The van der Waals surface area contributed by atoms with Gasteiger partial charge in [-0.25, -0.2) is 15.0 Å². The van der Waals surface area contributed by atoms with Gasteiger partial charge in [-0.3, -0.25) is 4.79 Å². The zero-order valence-electron chi connectivity index (χ0n) is 14.7. The van der Waals surface area contributed by atoms with E-state index in [1.54, 1.807) is 17.5 Å². The summed E-state index contributed by atoms with van der Waals surface area (Å²) in [6, 6.07) is 0.0620. The maximum absolute atomic E-state index is 13.0. The maximum atomic E-state index is 13.0. The van der Waals surface area contributed by atoms with E-state index < -0.39 is 0 Å². The van der Waals surface area contributed by atoms with E-state index in [4.69, 9.17) is 4.98 Å².